The third-order valence-electron chi connectivity index (χ3n) is 6.46. The average molecular weight is 519 g/mol. The van der Waals surface area contributed by atoms with Crippen LogP contribution < -0.4 is 9.47 Å². The van der Waals surface area contributed by atoms with Crippen molar-refractivity contribution in [3.8, 4) is 11.5 Å². The van der Waals surface area contributed by atoms with Gasteiger partial charge in [-0.15, -0.1) is 0 Å². The Bertz CT molecular complexity index is 1260. The Morgan fingerprint density at radius 2 is 1.76 bits per heavy atom. The van der Waals surface area contributed by atoms with Crippen molar-refractivity contribution in [3.63, 3.8) is 0 Å². The van der Waals surface area contributed by atoms with Crippen LogP contribution in [0.15, 0.2) is 67.0 Å². The first kappa shape index (κ1) is 26.9. The fourth-order valence-electron chi connectivity index (χ4n) is 4.58. The summed E-state index contributed by atoms with van der Waals surface area (Å²) in [5.41, 5.74) is 1.12. The van der Waals surface area contributed by atoms with Gasteiger partial charge in [0, 0.05) is 43.4 Å². The Morgan fingerprint density at radius 1 is 0.947 bits per heavy atom. The number of likely N-dealkylation sites (tertiary alicyclic amines) is 1. The smallest absolute Gasteiger partial charge is 0.295 e. The number of amides is 1. The molecular formula is C29H34N4O5. The van der Waals surface area contributed by atoms with E-state index in [-0.39, 0.29) is 11.3 Å². The van der Waals surface area contributed by atoms with E-state index in [1.165, 1.54) is 17.3 Å². The standard InChI is InChI=1S/C29H34N4O5/c1-3-5-6-18-38-23-9-8-22(19-24(23)37-4-2)26-25(27(34)21-10-12-30-13-11-21)28(35)29(36)33(26)16-7-15-32-17-14-31-20-32/h8-14,17,19-20,26,34H,3-7,15-16,18H2,1-2H3/b27-25+. The van der Waals surface area contributed by atoms with Crippen molar-refractivity contribution in [3.05, 3.63) is 78.1 Å². The van der Waals surface area contributed by atoms with Gasteiger partial charge < -0.3 is 24.0 Å². The number of hydrogen-bond acceptors (Lipinski definition) is 7. The summed E-state index contributed by atoms with van der Waals surface area (Å²) in [7, 11) is 0. The van der Waals surface area contributed by atoms with Crippen LogP contribution in [0, 0.1) is 0 Å². The number of aryl methyl sites for hydroxylation is 1. The molecule has 0 spiro atoms. The highest BCUT2D eigenvalue weighted by Crippen LogP contribution is 2.42. The van der Waals surface area contributed by atoms with E-state index in [0.717, 1.165) is 19.3 Å². The lowest BCUT2D eigenvalue weighted by molar-refractivity contribution is -0.139. The minimum Gasteiger partial charge on any atom is -0.507 e. The minimum absolute atomic E-state index is 0.0443. The molecule has 9 heteroatoms. The molecule has 1 aliphatic rings. The number of ether oxygens (including phenoxy) is 2. The number of pyridine rings is 1. The van der Waals surface area contributed by atoms with Gasteiger partial charge >= 0.3 is 0 Å². The van der Waals surface area contributed by atoms with Crippen LogP contribution in [-0.2, 0) is 16.1 Å². The number of Topliss-reactive ketones (excluding diaryl/α,β-unsaturated/α-hetero) is 1. The van der Waals surface area contributed by atoms with Gasteiger partial charge in [0.25, 0.3) is 11.7 Å². The van der Waals surface area contributed by atoms with Crippen LogP contribution >= 0.6 is 0 Å². The lowest BCUT2D eigenvalue weighted by atomic mass is 9.95. The van der Waals surface area contributed by atoms with Crippen molar-refractivity contribution in [1.82, 2.24) is 19.4 Å². The molecule has 0 aliphatic carbocycles. The molecule has 38 heavy (non-hydrogen) atoms. The van der Waals surface area contributed by atoms with Gasteiger partial charge in [0.15, 0.2) is 11.5 Å². The zero-order valence-electron chi connectivity index (χ0n) is 21.9. The fraction of sp³-hybridized carbons (Fsp3) is 0.379. The number of aromatic nitrogens is 3. The lowest BCUT2D eigenvalue weighted by Crippen LogP contribution is -2.31. The highest BCUT2D eigenvalue weighted by Gasteiger charge is 2.46. The van der Waals surface area contributed by atoms with Crippen molar-refractivity contribution in [2.75, 3.05) is 19.8 Å². The van der Waals surface area contributed by atoms with Gasteiger partial charge in [0.05, 0.1) is 31.2 Å². The summed E-state index contributed by atoms with van der Waals surface area (Å²) in [6.45, 7) is 5.98. The molecule has 0 radical (unpaired) electrons. The van der Waals surface area contributed by atoms with Crippen LogP contribution in [-0.4, -0.2) is 56.0 Å². The number of nitrogens with zero attached hydrogens (tertiary/aromatic N) is 4. The van der Waals surface area contributed by atoms with Gasteiger partial charge in [0.2, 0.25) is 0 Å². The van der Waals surface area contributed by atoms with E-state index in [2.05, 4.69) is 16.9 Å². The summed E-state index contributed by atoms with van der Waals surface area (Å²) in [4.78, 5) is 36.1. The SMILES string of the molecule is CCCCCOc1ccc(C2/C(=C(\O)c3ccncc3)C(=O)C(=O)N2CCCn2ccnc2)cc1OCC. The number of carbonyl (C=O) groups is 2. The van der Waals surface area contributed by atoms with Gasteiger partial charge in [-0.05, 0) is 49.6 Å². The van der Waals surface area contributed by atoms with Crippen LogP contribution in [0.2, 0.25) is 0 Å². The van der Waals surface area contributed by atoms with E-state index in [0.29, 0.717) is 55.4 Å². The quantitative estimate of drug-likeness (QED) is 0.150. The Labute approximate surface area is 222 Å². The van der Waals surface area contributed by atoms with Crippen molar-refractivity contribution in [1.29, 1.82) is 0 Å². The van der Waals surface area contributed by atoms with Crippen molar-refractivity contribution in [2.45, 2.75) is 52.1 Å². The molecule has 1 fully saturated rings. The summed E-state index contributed by atoms with van der Waals surface area (Å²) in [6.07, 6.45) is 12.0. The first-order chi connectivity index (χ1) is 18.5. The number of carbonyl (C=O) groups excluding carboxylic acids is 2. The monoisotopic (exact) mass is 518 g/mol. The molecule has 3 heterocycles. The minimum atomic E-state index is -0.778. The Morgan fingerprint density at radius 3 is 2.47 bits per heavy atom. The molecule has 4 rings (SSSR count). The van der Waals surface area contributed by atoms with E-state index in [1.54, 1.807) is 30.7 Å². The Kier molecular flexibility index (Phi) is 9.13. The molecule has 1 atom stereocenters. The molecule has 200 valence electrons. The molecule has 0 saturated carbocycles. The molecular weight excluding hydrogens is 484 g/mol. The molecule has 1 aliphatic heterocycles. The summed E-state index contributed by atoms with van der Waals surface area (Å²) >= 11 is 0. The van der Waals surface area contributed by atoms with Crippen LogP contribution in [0.25, 0.3) is 5.76 Å². The molecule has 1 aromatic carbocycles. The molecule has 1 N–H and O–H groups in total. The van der Waals surface area contributed by atoms with Crippen molar-refractivity contribution < 1.29 is 24.2 Å². The lowest BCUT2D eigenvalue weighted by Gasteiger charge is -2.26. The van der Waals surface area contributed by atoms with Crippen LogP contribution in [0.5, 0.6) is 11.5 Å². The van der Waals surface area contributed by atoms with E-state index in [1.807, 2.05) is 29.8 Å². The Hall–Kier alpha value is -4.14. The number of aliphatic hydroxyl groups excluding tert-OH is 1. The molecule has 9 nitrogen and oxygen atoms in total. The predicted octanol–water partition coefficient (Wildman–Crippen LogP) is 4.76. The number of hydrogen-bond donors (Lipinski definition) is 1. The number of ketones is 1. The van der Waals surface area contributed by atoms with Gasteiger partial charge in [-0.25, -0.2) is 4.98 Å². The van der Waals surface area contributed by atoms with Crippen LogP contribution in [0.3, 0.4) is 0 Å². The number of aliphatic hydroxyl groups is 1. The van der Waals surface area contributed by atoms with Gasteiger partial charge in [0.1, 0.15) is 5.76 Å². The predicted molar refractivity (Wildman–Crippen MR) is 143 cm³/mol. The third-order valence-corrected chi connectivity index (χ3v) is 6.46. The normalized spacial score (nSPS) is 16.7. The van der Waals surface area contributed by atoms with Crippen LogP contribution in [0.4, 0.5) is 0 Å². The number of benzene rings is 1. The summed E-state index contributed by atoms with van der Waals surface area (Å²) in [6, 6.07) is 7.88. The maximum Gasteiger partial charge on any atom is 0.295 e. The topological polar surface area (TPSA) is 107 Å². The van der Waals surface area contributed by atoms with Gasteiger partial charge in [-0.3, -0.25) is 14.6 Å². The summed E-state index contributed by atoms with van der Waals surface area (Å²) in [5.74, 6) is -0.447. The highest BCUT2D eigenvalue weighted by molar-refractivity contribution is 6.46. The summed E-state index contributed by atoms with van der Waals surface area (Å²) in [5, 5.41) is 11.2. The molecule has 1 unspecified atom stereocenters. The fourth-order valence-corrected chi connectivity index (χ4v) is 4.58. The molecule has 3 aromatic rings. The molecule has 2 aromatic heterocycles. The van der Waals surface area contributed by atoms with Crippen LogP contribution in [0.1, 0.15) is 56.7 Å². The van der Waals surface area contributed by atoms with Crippen molar-refractivity contribution >= 4 is 17.4 Å². The van der Waals surface area contributed by atoms with E-state index < -0.39 is 17.7 Å². The van der Waals surface area contributed by atoms with Gasteiger partial charge in [-0.1, -0.05) is 25.8 Å². The van der Waals surface area contributed by atoms with E-state index >= 15 is 0 Å². The van der Waals surface area contributed by atoms with Crippen molar-refractivity contribution in [2.24, 2.45) is 0 Å². The third kappa shape index (κ3) is 6.04. The number of imidazole rings is 1. The average Bonchev–Trinajstić information content (AvgIpc) is 3.54. The summed E-state index contributed by atoms with van der Waals surface area (Å²) < 4.78 is 13.8. The first-order valence-electron chi connectivity index (χ1n) is 13.1. The second-order valence-electron chi connectivity index (χ2n) is 9.08. The van der Waals surface area contributed by atoms with E-state index in [4.69, 9.17) is 9.47 Å². The molecule has 0 bridgehead atoms. The Balaban J connectivity index is 1.71. The zero-order chi connectivity index (χ0) is 26.9. The largest absolute Gasteiger partial charge is 0.507 e. The molecule has 1 amide bonds. The highest BCUT2D eigenvalue weighted by atomic mass is 16.5. The first-order valence-corrected chi connectivity index (χ1v) is 13.1. The second kappa shape index (κ2) is 12.9. The maximum absolute atomic E-state index is 13.3. The van der Waals surface area contributed by atoms with E-state index in [9.17, 15) is 14.7 Å². The molecule has 1 saturated heterocycles. The number of rotatable bonds is 13. The second-order valence-corrected chi connectivity index (χ2v) is 9.08. The van der Waals surface area contributed by atoms with Gasteiger partial charge in [-0.2, -0.15) is 0 Å². The maximum atomic E-state index is 13.3. The zero-order valence-corrected chi connectivity index (χ0v) is 21.9. The number of unbranched alkanes of at least 4 members (excludes halogenated alkanes) is 2.